The minimum atomic E-state index is -0.544. The molecule has 0 aliphatic carbocycles. The number of nitrogen functional groups attached to an aromatic ring is 1. The summed E-state index contributed by atoms with van der Waals surface area (Å²) < 4.78 is 32.0. The summed E-state index contributed by atoms with van der Waals surface area (Å²) in [6.07, 6.45) is 0. The zero-order valence-corrected chi connectivity index (χ0v) is 13.3. The van der Waals surface area contributed by atoms with Crippen molar-refractivity contribution in [2.24, 2.45) is 0 Å². The molecule has 5 nitrogen and oxygen atoms in total. The summed E-state index contributed by atoms with van der Waals surface area (Å²) in [5.41, 5.74) is 7.45. The van der Waals surface area contributed by atoms with Crippen LogP contribution in [0.3, 0.4) is 0 Å². The van der Waals surface area contributed by atoms with Crippen LogP contribution in [0.2, 0.25) is 5.02 Å². The Hall–Kier alpha value is -3.06. The Labute approximate surface area is 145 Å². The zero-order chi connectivity index (χ0) is 17.6. The summed E-state index contributed by atoms with van der Waals surface area (Å²) in [7, 11) is 0. The van der Waals surface area contributed by atoms with Crippen LogP contribution in [0.15, 0.2) is 46.9 Å². The second-order valence-electron chi connectivity index (χ2n) is 5.24. The van der Waals surface area contributed by atoms with Gasteiger partial charge in [0.05, 0.1) is 5.02 Å². The number of halogens is 3. The zero-order valence-electron chi connectivity index (χ0n) is 12.5. The smallest absolute Gasteiger partial charge is 0.253 e. The number of rotatable bonds is 2. The van der Waals surface area contributed by atoms with Crippen molar-refractivity contribution >= 4 is 28.6 Å². The number of oxazole rings is 1. The highest BCUT2D eigenvalue weighted by atomic mass is 35.5. The van der Waals surface area contributed by atoms with Gasteiger partial charge in [0.25, 0.3) is 5.71 Å². The van der Waals surface area contributed by atoms with E-state index in [1.807, 2.05) is 0 Å². The number of anilines is 1. The predicted molar refractivity (Wildman–Crippen MR) is 89.8 cm³/mol. The minimum absolute atomic E-state index is 0.0515. The molecule has 0 fully saturated rings. The normalized spacial score (nSPS) is 11.2. The molecule has 0 saturated heterocycles. The van der Waals surface area contributed by atoms with Gasteiger partial charge in [-0.2, -0.15) is 4.98 Å². The van der Waals surface area contributed by atoms with E-state index in [2.05, 4.69) is 15.0 Å². The van der Waals surface area contributed by atoms with Crippen molar-refractivity contribution in [1.82, 2.24) is 15.0 Å². The van der Waals surface area contributed by atoms with E-state index in [0.29, 0.717) is 11.1 Å². The van der Waals surface area contributed by atoms with E-state index >= 15 is 0 Å². The van der Waals surface area contributed by atoms with Gasteiger partial charge in [-0.05, 0) is 42.5 Å². The van der Waals surface area contributed by atoms with Crippen LogP contribution in [-0.2, 0) is 0 Å². The lowest BCUT2D eigenvalue weighted by atomic mass is 10.2. The fourth-order valence-electron chi connectivity index (χ4n) is 2.32. The average molecular weight is 359 g/mol. The molecule has 0 atom stereocenters. The van der Waals surface area contributed by atoms with E-state index in [9.17, 15) is 8.78 Å². The molecular formula is C17H9ClF2N4O. The number of aromatic nitrogens is 3. The molecule has 2 aromatic heterocycles. The van der Waals surface area contributed by atoms with Gasteiger partial charge in [-0.3, -0.25) is 0 Å². The van der Waals surface area contributed by atoms with Gasteiger partial charge in [0, 0.05) is 11.1 Å². The Morgan fingerprint density at radius 1 is 0.920 bits per heavy atom. The molecule has 0 saturated carbocycles. The van der Waals surface area contributed by atoms with Crippen LogP contribution in [0.25, 0.3) is 34.1 Å². The van der Waals surface area contributed by atoms with Crippen LogP contribution in [0.1, 0.15) is 0 Å². The van der Waals surface area contributed by atoms with Crippen LogP contribution in [0.5, 0.6) is 0 Å². The molecule has 2 N–H and O–H groups in total. The lowest BCUT2D eigenvalue weighted by Crippen LogP contribution is -1.97. The van der Waals surface area contributed by atoms with Gasteiger partial charge in [0.1, 0.15) is 11.6 Å². The molecule has 4 rings (SSSR count). The highest BCUT2D eigenvalue weighted by molar-refractivity contribution is 6.31. The fourth-order valence-corrected chi connectivity index (χ4v) is 2.50. The van der Waals surface area contributed by atoms with E-state index in [4.69, 9.17) is 21.8 Å². The van der Waals surface area contributed by atoms with Crippen molar-refractivity contribution < 1.29 is 13.2 Å². The maximum Gasteiger partial charge on any atom is 0.253 e. The maximum absolute atomic E-state index is 13.3. The Kier molecular flexibility index (Phi) is 3.58. The Morgan fingerprint density at radius 2 is 1.64 bits per heavy atom. The first-order valence-electron chi connectivity index (χ1n) is 7.16. The quantitative estimate of drug-likeness (QED) is 0.572. The molecule has 25 heavy (non-hydrogen) atoms. The molecule has 0 unspecified atom stereocenters. The highest BCUT2D eigenvalue weighted by Gasteiger charge is 2.16. The van der Waals surface area contributed by atoms with Gasteiger partial charge >= 0.3 is 0 Å². The number of hydrogen-bond acceptors (Lipinski definition) is 5. The first-order valence-corrected chi connectivity index (χ1v) is 7.54. The van der Waals surface area contributed by atoms with Crippen molar-refractivity contribution in [2.75, 3.05) is 5.73 Å². The van der Waals surface area contributed by atoms with E-state index in [1.165, 1.54) is 42.5 Å². The van der Waals surface area contributed by atoms with E-state index in [0.717, 1.165) is 0 Å². The maximum atomic E-state index is 13.3. The Bertz CT molecular complexity index is 1100. The summed E-state index contributed by atoms with van der Waals surface area (Å²) in [4.78, 5) is 12.7. The average Bonchev–Trinajstić information content (AvgIpc) is 3.02. The summed E-state index contributed by atoms with van der Waals surface area (Å²) in [5, 5.41) is -0.0515. The molecule has 0 aliphatic heterocycles. The summed E-state index contributed by atoms with van der Waals surface area (Å²) in [5.74, 6) is -0.330. The number of nitrogens with zero attached hydrogens (tertiary/aromatic N) is 3. The SMILES string of the molecule is Nc1nc(-c2ccc(F)c(Cl)c2)nc2oc(-c3ccc(F)cc3)nc12. The standard InChI is InChI=1S/C17H9ClF2N4O/c18-11-7-9(3-6-12(11)20)15-23-14(21)13-17(24-15)25-16(22-13)8-1-4-10(19)5-2-8/h1-7H,(H2,21,23,24). The molecule has 2 heterocycles. The molecule has 0 radical (unpaired) electrons. The molecule has 0 spiro atoms. The third-order valence-corrected chi connectivity index (χ3v) is 3.84. The van der Waals surface area contributed by atoms with Crippen LogP contribution in [-0.4, -0.2) is 15.0 Å². The van der Waals surface area contributed by atoms with Gasteiger partial charge in [-0.1, -0.05) is 11.6 Å². The van der Waals surface area contributed by atoms with E-state index in [1.54, 1.807) is 0 Å². The summed E-state index contributed by atoms with van der Waals surface area (Å²) in [6, 6.07) is 9.75. The number of fused-ring (bicyclic) bond motifs is 1. The minimum Gasteiger partial charge on any atom is -0.417 e. The number of benzene rings is 2. The van der Waals surface area contributed by atoms with Gasteiger partial charge in [0.15, 0.2) is 17.2 Å². The Balaban J connectivity index is 1.84. The molecule has 8 heteroatoms. The predicted octanol–water partition coefficient (Wildman–Crippen LogP) is 4.47. The Morgan fingerprint density at radius 3 is 2.36 bits per heavy atom. The topological polar surface area (TPSA) is 77.8 Å². The van der Waals surface area contributed by atoms with Gasteiger partial charge in [-0.25, -0.2) is 18.7 Å². The lowest BCUT2D eigenvalue weighted by Gasteiger charge is -2.02. The molecule has 0 aliphatic rings. The van der Waals surface area contributed by atoms with Gasteiger partial charge < -0.3 is 10.2 Å². The van der Waals surface area contributed by atoms with Gasteiger partial charge in [-0.15, -0.1) is 0 Å². The van der Waals surface area contributed by atoms with Crippen LogP contribution in [0, 0.1) is 11.6 Å². The largest absolute Gasteiger partial charge is 0.417 e. The van der Waals surface area contributed by atoms with Crippen molar-refractivity contribution in [3.63, 3.8) is 0 Å². The number of nitrogens with two attached hydrogens (primary N) is 1. The van der Waals surface area contributed by atoms with Crippen LogP contribution in [0.4, 0.5) is 14.6 Å². The third kappa shape index (κ3) is 2.78. The van der Waals surface area contributed by atoms with E-state index in [-0.39, 0.29) is 39.6 Å². The second-order valence-corrected chi connectivity index (χ2v) is 5.65. The molecule has 2 aromatic carbocycles. The molecule has 0 bridgehead atoms. The second kappa shape index (κ2) is 5.78. The monoisotopic (exact) mass is 358 g/mol. The third-order valence-electron chi connectivity index (χ3n) is 3.55. The summed E-state index contributed by atoms with van der Waals surface area (Å²) in [6.45, 7) is 0. The van der Waals surface area contributed by atoms with Crippen molar-refractivity contribution in [3.05, 3.63) is 59.1 Å². The first kappa shape index (κ1) is 15.5. The van der Waals surface area contributed by atoms with Crippen molar-refractivity contribution in [1.29, 1.82) is 0 Å². The van der Waals surface area contributed by atoms with Crippen LogP contribution >= 0.6 is 11.6 Å². The van der Waals surface area contributed by atoms with Crippen molar-refractivity contribution in [3.8, 4) is 22.8 Å². The van der Waals surface area contributed by atoms with E-state index < -0.39 is 5.82 Å². The van der Waals surface area contributed by atoms with Gasteiger partial charge in [0.2, 0.25) is 5.89 Å². The first-order chi connectivity index (χ1) is 12.0. The molecular weight excluding hydrogens is 350 g/mol. The fraction of sp³-hybridized carbons (Fsp3) is 0. The molecule has 124 valence electrons. The summed E-state index contributed by atoms with van der Waals surface area (Å²) >= 11 is 5.79. The highest BCUT2D eigenvalue weighted by Crippen LogP contribution is 2.29. The molecule has 0 amide bonds. The number of hydrogen-bond donors (Lipinski definition) is 1. The van der Waals surface area contributed by atoms with Crippen molar-refractivity contribution in [2.45, 2.75) is 0 Å². The lowest BCUT2D eigenvalue weighted by molar-refractivity contribution is 0.606. The molecule has 4 aromatic rings. The van der Waals surface area contributed by atoms with Crippen LogP contribution < -0.4 is 5.73 Å².